The van der Waals surface area contributed by atoms with Crippen LogP contribution in [0.1, 0.15) is 29.8 Å². The van der Waals surface area contributed by atoms with Gasteiger partial charge in [0.25, 0.3) is 0 Å². The summed E-state index contributed by atoms with van der Waals surface area (Å²) in [4.78, 5) is 33.1. The van der Waals surface area contributed by atoms with E-state index in [1.54, 1.807) is 9.80 Å². The molecule has 0 radical (unpaired) electrons. The predicted molar refractivity (Wildman–Crippen MR) is 103 cm³/mol. The lowest BCUT2D eigenvalue weighted by Crippen LogP contribution is -2.62. The molecule has 5 heteroatoms. The highest BCUT2D eigenvalue weighted by Gasteiger charge is 2.46. The number of fused-ring (bicyclic) bond motifs is 4. The average molecular weight is 359 g/mol. The molecule has 136 valence electrons. The zero-order valence-corrected chi connectivity index (χ0v) is 15.2. The standard InChI is InChI=1S/C22H21N3O2/c1-14-21-17(16-9-5-6-10-18(16)23-21)11-19-22(27)24(13-20(26)25(14)19)12-15-7-3-2-4-8-15/h2-10,14,19,23H,11-13H2,1H3. The smallest absolute Gasteiger partial charge is 0.246 e. The summed E-state index contributed by atoms with van der Waals surface area (Å²) in [6.45, 7) is 2.63. The third-order valence-corrected chi connectivity index (χ3v) is 5.84. The quantitative estimate of drug-likeness (QED) is 0.765. The Bertz CT molecular complexity index is 1040. The van der Waals surface area contributed by atoms with Gasteiger partial charge in [-0.3, -0.25) is 9.59 Å². The molecule has 3 heterocycles. The molecule has 1 N–H and O–H groups in total. The first kappa shape index (κ1) is 16.1. The lowest BCUT2D eigenvalue weighted by molar-refractivity contribution is -0.159. The molecule has 27 heavy (non-hydrogen) atoms. The molecule has 1 fully saturated rings. The largest absolute Gasteiger partial charge is 0.356 e. The van der Waals surface area contributed by atoms with Crippen LogP contribution in [-0.2, 0) is 22.6 Å². The minimum Gasteiger partial charge on any atom is -0.356 e. The van der Waals surface area contributed by atoms with Crippen LogP contribution >= 0.6 is 0 Å². The van der Waals surface area contributed by atoms with E-state index in [0.29, 0.717) is 13.0 Å². The molecule has 2 aliphatic rings. The van der Waals surface area contributed by atoms with Crippen molar-refractivity contribution in [1.29, 1.82) is 0 Å². The number of amides is 2. The molecule has 2 atom stereocenters. The Kier molecular flexibility index (Phi) is 3.57. The highest BCUT2D eigenvalue weighted by Crippen LogP contribution is 2.39. The average Bonchev–Trinajstić information content (AvgIpc) is 3.06. The van der Waals surface area contributed by atoms with Crippen LogP contribution in [0.2, 0.25) is 0 Å². The number of aromatic amines is 1. The number of rotatable bonds is 2. The van der Waals surface area contributed by atoms with Crippen LogP contribution in [0.4, 0.5) is 0 Å². The number of hydrogen-bond donors (Lipinski definition) is 1. The number of nitrogens with zero attached hydrogens (tertiary/aromatic N) is 2. The molecule has 3 aromatic rings. The lowest BCUT2D eigenvalue weighted by atomic mass is 9.90. The van der Waals surface area contributed by atoms with Crippen LogP contribution < -0.4 is 0 Å². The second-order valence-electron chi connectivity index (χ2n) is 7.44. The van der Waals surface area contributed by atoms with E-state index in [1.165, 1.54) is 5.56 Å². The summed E-state index contributed by atoms with van der Waals surface area (Å²) in [5.74, 6) is 0.0635. The van der Waals surface area contributed by atoms with Gasteiger partial charge in [0.05, 0.1) is 6.04 Å². The molecular weight excluding hydrogens is 338 g/mol. The van der Waals surface area contributed by atoms with Crippen molar-refractivity contribution in [3.63, 3.8) is 0 Å². The molecule has 0 aliphatic carbocycles. The molecule has 2 unspecified atom stereocenters. The van der Waals surface area contributed by atoms with E-state index in [4.69, 9.17) is 0 Å². The van der Waals surface area contributed by atoms with Crippen molar-refractivity contribution in [2.45, 2.75) is 32.0 Å². The number of benzene rings is 2. The van der Waals surface area contributed by atoms with Gasteiger partial charge in [0.2, 0.25) is 11.8 Å². The van der Waals surface area contributed by atoms with Crippen molar-refractivity contribution in [2.24, 2.45) is 0 Å². The van der Waals surface area contributed by atoms with Gasteiger partial charge in [0.15, 0.2) is 0 Å². The lowest BCUT2D eigenvalue weighted by Gasteiger charge is -2.46. The van der Waals surface area contributed by atoms with Gasteiger partial charge in [-0.2, -0.15) is 0 Å². The maximum Gasteiger partial charge on any atom is 0.246 e. The topological polar surface area (TPSA) is 56.4 Å². The normalized spacial score (nSPS) is 22.1. The summed E-state index contributed by atoms with van der Waals surface area (Å²) in [5, 5.41) is 1.15. The van der Waals surface area contributed by atoms with Crippen LogP contribution in [-0.4, -0.2) is 39.2 Å². The second-order valence-corrected chi connectivity index (χ2v) is 7.44. The number of para-hydroxylation sites is 1. The number of piperazine rings is 1. The fourth-order valence-electron chi connectivity index (χ4n) is 4.57. The predicted octanol–water partition coefficient (Wildman–Crippen LogP) is 3.02. The summed E-state index contributed by atoms with van der Waals surface area (Å²) in [7, 11) is 0. The molecule has 0 spiro atoms. The summed E-state index contributed by atoms with van der Waals surface area (Å²) in [6, 6.07) is 17.5. The maximum absolute atomic E-state index is 13.2. The van der Waals surface area contributed by atoms with Gasteiger partial charge in [-0.25, -0.2) is 0 Å². The fourth-order valence-corrected chi connectivity index (χ4v) is 4.57. The Morgan fingerprint density at radius 3 is 2.59 bits per heavy atom. The van der Waals surface area contributed by atoms with Gasteiger partial charge < -0.3 is 14.8 Å². The van der Waals surface area contributed by atoms with Crippen LogP contribution in [0, 0.1) is 0 Å². The second kappa shape index (κ2) is 5.98. The molecule has 2 aliphatic heterocycles. The third-order valence-electron chi connectivity index (χ3n) is 5.84. The van der Waals surface area contributed by atoms with Crippen LogP contribution in [0.3, 0.4) is 0 Å². The molecule has 5 nitrogen and oxygen atoms in total. The molecule has 1 aromatic heterocycles. The third kappa shape index (κ3) is 2.46. The van der Waals surface area contributed by atoms with Crippen LogP contribution in [0.15, 0.2) is 54.6 Å². The Hall–Kier alpha value is -3.08. The Balaban J connectivity index is 1.52. The monoisotopic (exact) mass is 359 g/mol. The molecule has 0 saturated carbocycles. The number of aromatic nitrogens is 1. The summed E-state index contributed by atoms with van der Waals surface area (Å²) in [6.07, 6.45) is 0.569. The van der Waals surface area contributed by atoms with Crippen LogP contribution in [0.25, 0.3) is 10.9 Å². The molecule has 0 bridgehead atoms. The molecule has 2 amide bonds. The number of carbonyl (C=O) groups is 2. The van der Waals surface area contributed by atoms with E-state index in [0.717, 1.165) is 22.2 Å². The maximum atomic E-state index is 13.2. The molecule has 5 rings (SSSR count). The first-order valence-electron chi connectivity index (χ1n) is 9.37. The fraction of sp³-hybridized carbons (Fsp3) is 0.273. The molecule has 1 saturated heterocycles. The van der Waals surface area contributed by atoms with Gasteiger partial charge in [0.1, 0.15) is 12.6 Å². The zero-order chi connectivity index (χ0) is 18.5. The van der Waals surface area contributed by atoms with E-state index in [2.05, 4.69) is 11.1 Å². The van der Waals surface area contributed by atoms with Gasteiger partial charge in [0, 0.05) is 29.6 Å². The van der Waals surface area contributed by atoms with Gasteiger partial charge in [-0.15, -0.1) is 0 Å². The Labute approximate surface area is 157 Å². The van der Waals surface area contributed by atoms with Crippen molar-refractivity contribution >= 4 is 22.7 Å². The van der Waals surface area contributed by atoms with E-state index >= 15 is 0 Å². The van der Waals surface area contributed by atoms with Crippen molar-refractivity contribution in [2.75, 3.05) is 6.54 Å². The molecular formula is C22H21N3O2. The van der Waals surface area contributed by atoms with Gasteiger partial charge in [-0.1, -0.05) is 48.5 Å². The van der Waals surface area contributed by atoms with Crippen molar-refractivity contribution in [1.82, 2.24) is 14.8 Å². The minimum absolute atomic E-state index is 0.0207. The van der Waals surface area contributed by atoms with E-state index in [-0.39, 0.29) is 24.4 Å². The SMILES string of the molecule is CC1c2[nH]c3ccccc3c2CC2C(=O)N(Cc3ccccc3)CC(=O)N21. The first-order valence-corrected chi connectivity index (χ1v) is 9.37. The summed E-state index contributed by atoms with van der Waals surface area (Å²) < 4.78 is 0. The Morgan fingerprint density at radius 1 is 1.04 bits per heavy atom. The van der Waals surface area contributed by atoms with E-state index in [1.807, 2.05) is 55.5 Å². The number of hydrogen-bond acceptors (Lipinski definition) is 2. The van der Waals surface area contributed by atoms with Crippen molar-refractivity contribution in [3.8, 4) is 0 Å². The van der Waals surface area contributed by atoms with Crippen LogP contribution in [0.5, 0.6) is 0 Å². The highest BCUT2D eigenvalue weighted by molar-refractivity contribution is 5.97. The van der Waals surface area contributed by atoms with E-state index in [9.17, 15) is 9.59 Å². The summed E-state index contributed by atoms with van der Waals surface area (Å²) >= 11 is 0. The van der Waals surface area contributed by atoms with Crippen molar-refractivity contribution in [3.05, 3.63) is 71.4 Å². The molecule has 2 aromatic carbocycles. The number of nitrogens with one attached hydrogen (secondary N) is 1. The van der Waals surface area contributed by atoms with Gasteiger partial charge >= 0.3 is 0 Å². The zero-order valence-electron chi connectivity index (χ0n) is 15.2. The highest BCUT2D eigenvalue weighted by atomic mass is 16.2. The minimum atomic E-state index is -0.420. The van der Waals surface area contributed by atoms with Gasteiger partial charge in [-0.05, 0) is 24.1 Å². The Morgan fingerprint density at radius 2 is 1.78 bits per heavy atom. The summed E-state index contributed by atoms with van der Waals surface area (Å²) in [5.41, 5.74) is 4.34. The first-order chi connectivity index (χ1) is 13.1. The van der Waals surface area contributed by atoms with Crippen molar-refractivity contribution < 1.29 is 9.59 Å². The van der Waals surface area contributed by atoms with E-state index < -0.39 is 6.04 Å². The number of H-pyrrole nitrogens is 1. The number of carbonyl (C=O) groups excluding carboxylic acids is 2.